The Morgan fingerprint density at radius 1 is 1.16 bits per heavy atom. The first kappa shape index (κ1) is 22.6. The van der Waals surface area contributed by atoms with Crippen molar-refractivity contribution in [2.24, 2.45) is 4.99 Å². The second-order valence-electron chi connectivity index (χ2n) is 7.21. The molecule has 2 aromatic rings. The number of benzene rings is 2. The van der Waals surface area contributed by atoms with Crippen molar-refractivity contribution in [3.05, 3.63) is 59.2 Å². The van der Waals surface area contributed by atoms with E-state index in [9.17, 15) is 14.4 Å². The van der Waals surface area contributed by atoms with E-state index in [1.807, 2.05) is 32.0 Å². The normalized spacial score (nSPS) is 17.5. The van der Waals surface area contributed by atoms with Crippen molar-refractivity contribution in [3.8, 4) is 0 Å². The zero-order chi connectivity index (χ0) is 22.5. The van der Waals surface area contributed by atoms with Crippen LogP contribution in [-0.4, -0.2) is 46.8 Å². The number of carbonyl (C=O) groups excluding carboxylic acids is 3. The van der Waals surface area contributed by atoms with E-state index in [0.29, 0.717) is 23.0 Å². The molecule has 1 heterocycles. The molecule has 3 rings (SSSR count). The monoisotopic (exact) mass is 439 g/mol. The lowest BCUT2D eigenvalue weighted by atomic mass is 10.1. The summed E-state index contributed by atoms with van der Waals surface area (Å²) in [4.78, 5) is 43.1. The average molecular weight is 440 g/mol. The molecular formula is C23H25N3O4S. The number of esters is 1. The van der Waals surface area contributed by atoms with Crippen molar-refractivity contribution in [2.75, 3.05) is 19.0 Å². The van der Waals surface area contributed by atoms with E-state index < -0.39 is 11.2 Å². The van der Waals surface area contributed by atoms with Gasteiger partial charge < -0.3 is 10.1 Å². The number of aryl methyl sites for hydroxylation is 2. The van der Waals surface area contributed by atoms with E-state index in [4.69, 9.17) is 4.74 Å². The minimum absolute atomic E-state index is 0.0832. The lowest BCUT2D eigenvalue weighted by Gasteiger charge is -2.28. The highest BCUT2D eigenvalue weighted by atomic mass is 32.2. The minimum Gasteiger partial charge on any atom is -0.462 e. The topological polar surface area (TPSA) is 88.1 Å². The molecule has 0 aromatic heterocycles. The van der Waals surface area contributed by atoms with Crippen LogP contribution in [0.15, 0.2) is 47.5 Å². The maximum atomic E-state index is 12.8. The predicted molar refractivity (Wildman–Crippen MR) is 123 cm³/mol. The number of amides is 2. The summed E-state index contributed by atoms with van der Waals surface area (Å²) in [6.07, 6.45) is 0.0832. The Balaban J connectivity index is 1.72. The van der Waals surface area contributed by atoms with Gasteiger partial charge in [-0.15, -0.1) is 0 Å². The molecule has 0 saturated carbocycles. The largest absolute Gasteiger partial charge is 0.462 e. The van der Waals surface area contributed by atoms with E-state index in [1.54, 1.807) is 38.2 Å². The van der Waals surface area contributed by atoms with Crippen molar-refractivity contribution in [1.82, 2.24) is 4.90 Å². The van der Waals surface area contributed by atoms with Gasteiger partial charge in [-0.2, -0.15) is 0 Å². The summed E-state index contributed by atoms with van der Waals surface area (Å²) >= 11 is 1.26. The second-order valence-corrected chi connectivity index (χ2v) is 8.38. The van der Waals surface area contributed by atoms with Crippen molar-refractivity contribution in [1.29, 1.82) is 0 Å². The Morgan fingerprint density at radius 2 is 1.87 bits per heavy atom. The van der Waals surface area contributed by atoms with Gasteiger partial charge in [0.1, 0.15) is 5.25 Å². The van der Waals surface area contributed by atoms with Crippen LogP contribution in [0.3, 0.4) is 0 Å². The summed E-state index contributed by atoms with van der Waals surface area (Å²) in [7, 11) is 1.66. The molecule has 1 saturated heterocycles. The quantitative estimate of drug-likeness (QED) is 0.710. The van der Waals surface area contributed by atoms with E-state index in [0.717, 1.165) is 16.8 Å². The molecule has 0 aliphatic carbocycles. The van der Waals surface area contributed by atoms with Gasteiger partial charge in [-0.1, -0.05) is 17.8 Å². The molecule has 1 N–H and O–H groups in total. The highest BCUT2D eigenvalue weighted by Gasteiger charge is 2.34. The fraction of sp³-hybridized carbons (Fsp3) is 0.304. The van der Waals surface area contributed by atoms with Crippen molar-refractivity contribution < 1.29 is 19.1 Å². The second kappa shape index (κ2) is 9.78. The third kappa shape index (κ3) is 5.52. The summed E-state index contributed by atoms with van der Waals surface area (Å²) < 4.78 is 4.96. The number of carbonyl (C=O) groups is 3. The number of aliphatic imine (C=N–C) groups is 1. The summed E-state index contributed by atoms with van der Waals surface area (Å²) in [5.41, 5.74) is 3.96. The van der Waals surface area contributed by atoms with Crippen LogP contribution in [0.1, 0.15) is 34.8 Å². The van der Waals surface area contributed by atoms with Crippen molar-refractivity contribution in [2.45, 2.75) is 32.4 Å². The number of rotatable bonds is 5. The summed E-state index contributed by atoms with van der Waals surface area (Å²) in [6.45, 7) is 6.07. The first-order chi connectivity index (χ1) is 14.8. The molecular weight excluding hydrogens is 414 g/mol. The smallest absolute Gasteiger partial charge is 0.338 e. The molecule has 8 heteroatoms. The summed E-state index contributed by atoms with van der Waals surface area (Å²) in [5.74, 6) is -0.869. The lowest BCUT2D eigenvalue weighted by molar-refractivity contribution is -0.128. The van der Waals surface area contributed by atoms with Gasteiger partial charge in [-0.25, -0.2) is 9.79 Å². The van der Waals surface area contributed by atoms with Crippen molar-refractivity contribution >= 4 is 46.1 Å². The molecule has 1 atom stereocenters. The molecule has 0 radical (unpaired) electrons. The third-order valence-electron chi connectivity index (χ3n) is 4.94. The van der Waals surface area contributed by atoms with Crippen LogP contribution in [0.2, 0.25) is 0 Å². The van der Waals surface area contributed by atoms with Gasteiger partial charge in [-0.3, -0.25) is 14.5 Å². The van der Waals surface area contributed by atoms with Crippen LogP contribution in [0.4, 0.5) is 11.4 Å². The molecule has 2 aromatic carbocycles. The molecule has 1 aliphatic rings. The van der Waals surface area contributed by atoms with Crippen LogP contribution < -0.4 is 5.32 Å². The Hall–Kier alpha value is -3.13. The molecule has 2 amide bonds. The number of hydrogen-bond donors (Lipinski definition) is 1. The first-order valence-corrected chi connectivity index (χ1v) is 10.8. The van der Waals surface area contributed by atoms with E-state index in [-0.39, 0.29) is 18.2 Å². The Kier molecular flexibility index (Phi) is 7.12. The minimum atomic E-state index is -0.598. The number of ether oxygens (including phenoxy) is 1. The summed E-state index contributed by atoms with van der Waals surface area (Å²) in [6, 6.07) is 12.3. The van der Waals surface area contributed by atoms with Crippen LogP contribution in [0, 0.1) is 13.8 Å². The van der Waals surface area contributed by atoms with Crippen LogP contribution in [-0.2, 0) is 14.3 Å². The highest BCUT2D eigenvalue weighted by Crippen LogP contribution is 2.29. The Morgan fingerprint density at radius 3 is 2.52 bits per heavy atom. The van der Waals surface area contributed by atoms with E-state index in [1.165, 1.54) is 16.7 Å². The maximum absolute atomic E-state index is 12.8. The highest BCUT2D eigenvalue weighted by molar-refractivity contribution is 8.15. The zero-order valence-corrected chi connectivity index (χ0v) is 18.8. The van der Waals surface area contributed by atoms with Crippen LogP contribution in [0.25, 0.3) is 0 Å². The molecule has 7 nitrogen and oxygen atoms in total. The number of thioether (sulfide) groups is 1. The Bertz CT molecular complexity index is 1030. The molecule has 31 heavy (non-hydrogen) atoms. The lowest BCUT2D eigenvalue weighted by Crippen LogP contribution is -2.43. The van der Waals surface area contributed by atoms with Gasteiger partial charge in [0.05, 0.1) is 17.9 Å². The molecule has 0 spiro atoms. The third-order valence-corrected chi connectivity index (χ3v) is 6.18. The van der Waals surface area contributed by atoms with E-state index in [2.05, 4.69) is 10.3 Å². The molecule has 1 fully saturated rings. The average Bonchev–Trinajstić information content (AvgIpc) is 2.74. The predicted octanol–water partition coefficient (Wildman–Crippen LogP) is 4.07. The fourth-order valence-electron chi connectivity index (χ4n) is 2.93. The van der Waals surface area contributed by atoms with Gasteiger partial charge in [-0.05, 0) is 68.3 Å². The fourth-order valence-corrected chi connectivity index (χ4v) is 3.99. The van der Waals surface area contributed by atoms with Gasteiger partial charge >= 0.3 is 5.97 Å². The number of nitrogens with one attached hydrogen (secondary N) is 1. The van der Waals surface area contributed by atoms with Gasteiger partial charge in [0.2, 0.25) is 11.8 Å². The zero-order valence-electron chi connectivity index (χ0n) is 18.0. The van der Waals surface area contributed by atoms with Crippen molar-refractivity contribution in [3.63, 3.8) is 0 Å². The maximum Gasteiger partial charge on any atom is 0.338 e. The molecule has 0 unspecified atom stereocenters. The molecule has 162 valence electrons. The van der Waals surface area contributed by atoms with Crippen LogP contribution >= 0.6 is 11.8 Å². The standard InChI is InChI=1S/C23H25N3O4S/c1-5-30-22(29)16-7-10-17(11-8-16)24-21(28)19-13-20(27)26(4)23(31-19)25-18-9-6-14(2)15(3)12-18/h6-12,19H,5,13H2,1-4H3,(H,24,28)/t19-/m1/s1. The summed E-state index contributed by atoms with van der Waals surface area (Å²) in [5, 5.41) is 2.69. The Labute approximate surface area is 185 Å². The number of amidine groups is 1. The van der Waals surface area contributed by atoms with E-state index >= 15 is 0 Å². The number of nitrogens with zero attached hydrogens (tertiary/aromatic N) is 2. The number of anilines is 1. The SMILES string of the molecule is CCOC(=O)c1ccc(NC(=O)[C@H]2CC(=O)N(C)C(=Nc3ccc(C)c(C)c3)S2)cc1. The first-order valence-electron chi connectivity index (χ1n) is 9.95. The number of hydrogen-bond acceptors (Lipinski definition) is 6. The van der Waals surface area contributed by atoms with Gasteiger partial charge in [0.25, 0.3) is 0 Å². The van der Waals surface area contributed by atoms with Gasteiger partial charge in [0, 0.05) is 19.2 Å². The molecule has 0 bridgehead atoms. The van der Waals surface area contributed by atoms with Gasteiger partial charge in [0.15, 0.2) is 5.17 Å². The molecule has 1 aliphatic heterocycles. The van der Waals surface area contributed by atoms with Crippen LogP contribution in [0.5, 0.6) is 0 Å².